The zero-order chi connectivity index (χ0) is 16.2. The molecule has 0 spiro atoms. The summed E-state index contributed by atoms with van der Waals surface area (Å²) in [4.78, 5) is 23.0. The molecule has 1 amide bonds. The lowest BCUT2D eigenvalue weighted by Crippen LogP contribution is -2.34. The van der Waals surface area contributed by atoms with E-state index in [9.17, 15) is 4.79 Å². The zero-order valence-electron chi connectivity index (χ0n) is 13.8. The lowest BCUT2D eigenvalue weighted by molar-refractivity contribution is 0.0937. The highest BCUT2D eigenvalue weighted by atomic mass is 32.1. The minimum absolute atomic E-state index is 0.0415. The van der Waals surface area contributed by atoms with Gasteiger partial charge in [0.1, 0.15) is 17.0 Å². The highest BCUT2D eigenvalue weighted by Crippen LogP contribution is 2.33. The van der Waals surface area contributed by atoms with E-state index in [2.05, 4.69) is 20.6 Å². The summed E-state index contributed by atoms with van der Waals surface area (Å²) < 4.78 is 0. The van der Waals surface area contributed by atoms with Crippen LogP contribution in [0.25, 0.3) is 10.2 Å². The molecule has 0 saturated heterocycles. The highest BCUT2D eigenvalue weighted by molar-refractivity contribution is 7.20. The van der Waals surface area contributed by atoms with Crippen LogP contribution in [0.15, 0.2) is 6.33 Å². The SMILES string of the molecule is CCNc1ncnc2sc(C(=O)NC3CCCCCC3)c(C)c12. The van der Waals surface area contributed by atoms with Gasteiger partial charge in [-0.3, -0.25) is 4.79 Å². The Labute approximate surface area is 140 Å². The molecule has 1 aliphatic carbocycles. The second-order valence-electron chi connectivity index (χ2n) is 6.15. The molecule has 1 saturated carbocycles. The summed E-state index contributed by atoms with van der Waals surface area (Å²) in [5.74, 6) is 0.861. The Morgan fingerprint density at radius 2 is 2.00 bits per heavy atom. The lowest BCUT2D eigenvalue weighted by Gasteiger charge is -2.15. The molecule has 3 rings (SSSR count). The average molecular weight is 332 g/mol. The van der Waals surface area contributed by atoms with Gasteiger partial charge in [0.2, 0.25) is 0 Å². The van der Waals surface area contributed by atoms with E-state index in [1.54, 1.807) is 6.33 Å². The van der Waals surface area contributed by atoms with Gasteiger partial charge >= 0.3 is 0 Å². The van der Waals surface area contributed by atoms with Gasteiger partial charge in [-0.15, -0.1) is 11.3 Å². The third-order valence-electron chi connectivity index (χ3n) is 4.47. The molecule has 2 N–H and O–H groups in total. The van der Waals surface area contributed by atoms with Crippen molar-refractivity contribution in [1.82, 2.24) is 15.3 Å². The Bertz CT molecular complexity index is 689. The summed E-state index contributed by atoms with van der Waals surface area (Å²) in [5.41, 5.74) is 0.979. The second kappa shape index (κ2) is 7.25. The first-order valence-corrected chi connectivity index (χ1v) is 9.31. The van der Waals surface area contributed by atoms with E-state index in [0.29, 0.717) is 6.04 Å². The van der Waals surface area contributed by atoms with Gasteiger partial charge in [0.05, 0.1) is 10.3 Å². The summed E-state index contributed by atoms with van der Waals surface area (Å²) in [6, 6.07) is 0.314. The third kappa shape index (κ3) is 3.47. The monoisotopic (exact) mass is 332 g/mol. The predicted octanol–water partition coefficient (Wildman–Crippen LogP) is 3.88. The molecule has 2 aromatic heterocycles. The van der Waals surface area contributed by atoms with Crippen molar-refractivity contribution in [2.24, 2.45) is 0 Å². The molecule has 0 radical (unpaired) electrons. The van der Waals surface area contributed by atoms with Gasteiger partial charge in [0.25, 0.3) is 5.91 Å². The molecule has 1 fully saturated rings. The summed E-state index contributed by atoms with van der Waals surface area (Å²) in [6.45, 7) is 4.82. The fourth-order valence-electron chi connectivity index (χ4n) is 3.26. The maximum absolute atomic E-state index is 12.7. The van der Waals surface area contributed by atoms with Crippen molar-refractivity contribution in [2.45, 2.75) is 58.4 Å². The Morgan fingerprint density at radius 3 is 2.70 bits per heavy atom. The van der Waals surface area contributed by atoms with Gasteiger partial charge in [-0.25, -0.2) is 9.97 Å². The Kier molecular flexibility index (Phi) is 5.10. The van der Waals surface area contributed by atoms with Crippen molar-refractivity contribution < 1.29 is 4.79 Å². The number of carbonyl (C=O) groups excluding carboxylic acids is 1. The summed E-state index contributed by atoms with van der Waals surface area (Å²) in [6.07, 6.45) is 8.75. The molecule has 2 heterocycles. The molecule has 5 nitrogen and oxygen atoms in total. The summed E-state index contributed by atoms with van der Waals surface area (Å²) in [7, 11) is 0. The molecule has 2 aromatic rings. The van der Waals surface area contributed by atoms with E-state index in [0.717, 1.165) is 45.9 Å². The molecule has 23 heavy (non-hydrogen) atoms. The molecule has 124 valence electrons. The average Bonchev–Trinajstić information content (AvgIpc) is 2.72. The fourth-order valence-corrected chi connectivity index (χ4v) is 4.32. The number of thiophene rings is 1. The number of nitrogens with one attached hydrogen (secondary N) is 2. The zero-order valence-corrected chi connectivity index (χ0v) is 14.6. The van der Waals surface area contributed by atoms with Crippen molar-refractivity contribution in [3.05, 3.63) is 16.8 Å². The van der Waals surface area contributed by atoms with Crippen LogP contribution in [-0.2, 0) is 0 Å². The lowest BCUT2D eigenvalue weighted by atomic mass is 10.1. The third-order valence-corrected chi connectivity index (χ3v) is 5.67. The Hall–Kier alpha value is -1.69. The van der Waals surface area contributed by atoms with E-state index in [-0.39, 0.29) is 5.91 Å². The van der Waals surface area contributed by atoms with E-state index >= 15 is 0 Å². The van der Waals surface area contributed by atoms with Crippen LogP contribution in [-0.4, -0.2) is 28.5 Å². The van der Waals surface area contributed by atoms with Crippen molar-refractivity contribution in [2.75, 3.05) is 11.9 Å². The minimum atomic E-state index is 0.0415. The van der Waals surface area contributed by atoms with Crippen LogP contribution in [0.5, 0.6) is 0 Å². The molecule has 0 aromatic carbocycles. The second-order valence-corrected chi connectivity index (χ2v) is 7.15. The van der Waals surface area contributed by atoms with E-state index < -0.39 is 0 Å². The smallest absolute Gasteiger partial charge is 0.261 e. The quantitative estimate of drug-likeness (QED) is 0.834. The molecule has 0 aliphatic heterocycles. The molecule has 0 unspecified atom stereocenters. The standard InChI is InChI=1S/C17H24N4OS/c1-3-18-15-13-11(2)14(23-17(13)20-10-19-15)16(22)21-12-8-6-4-5-7-9-12/h10,12H,3-9H2,1-2H3,(H,21,22)(H,18,19,20). The fraction of sp³-hybridized carbons (Fsp3) is 0.588. The maximum Gasteiger partial charge on any atom is 0.261 e. The van der Waals surface area contributed by atoms with Gasteiger partial charge in [0, 0.05) is 12.6 Å². The predicted molar refractivity (Wildman–Crippen MR) is 95.3 cm³/mol. The Morgan fingerprint density at radius 1 is 1.26 bits per heavy atom. The molecule has 6 heteroatoms. The van der Waals surface area contributed by atoms with Crippen LogP contribution in [0.4, 0.5) is 5.82 Å². The minimum Gasteiger partial charge on any atom is -0.370 e. The van der Waals surface area contributed by atoms with Crippen molar-refractivity contribution >= 4 is 33.3 Å². The molecule has 0 bridgehead atoms. The van der Waals surface area contributed by atoms with Gasteiger partial charge in [0.15, 0.2) is 0 Å². The van der Waals surface area contributed by atoms with Crippen LogP contribution in [0.3, 0.4) is 0 Å². The van der Waals surface area contributed by atoms with Crippen molar-refractivity contribution in [1.29, 1.82) is 0 Å². The van der Waals surface area contributed by atoms with Crippen molar-refractivity contribution in [3.63, 3.8) is 0 Å². The van der Waals surface area contributed by atoms with Gasteiger partial charge in [-0.05, 0) is 32.3 Å². The number of carbonyl (C=O) groups is 1. The number of aromatic nitrogens is 2. The number of fused-ring (bicyclic) bond motifs is 1. The number of aryl methyl sites for hydroxylation is 1. The number of anilines is 1. The maximum atomic E-state index is 12.7. The summed E-state index contributed by atoms with van der Waals surface area (Å²) in [5, 5.41) is 7.47. The topological polar surface area (TPSA) is 66.9 Å². The number of amides is 1. The van der Waals surface area contributed by atoms with Gasteiger partial charge in [-0.1, -0.05) is 25.7 Å². The normalized spacial score (nSPS) is 16.3. The first kappa shape index (κ1) is 16.2. The molecule has 1 aliphatic rings. The van der Waals surface area contributed by atoms with E-state index in [1.807, 2.05) is 13.8 Å². The Balaban J connectivity index is 1.85. The number of hydrogen-bond donors (Lipinski definition) is 2. The van der Waals surface area contributed by atoms with Crippen LogP contribution >= 0.6 is 11.3 Å². The van der Waals surface area contributed by atoms with Gasteiger partial charge in [-0.2, -0.15) is 0 Å². The molecule has 0 atom stereocenters. The van der Waals surface area contributed by atoms with Crippen LogP contribution < -0.4 is 10.6 Å². The number of hydrogen-bond acceptors (Lipinski definition) is 5. The van der Waals surface area contributed by atoms with Crippen LogP contribution in [0.2, 0.25) is 0 Å². The first-order valence-electron chi connectivity index (χ1n) is 8.49. The highest BCUT2D eigenvalue weighted by Gasteiger charge is 2.21. The van der Waals surface area contributed by atoms with Gasteiger partial charge < -0.3 is 10.6 Å². The first-order chi connectivity index (χ1) is 11.2. The van der Waals surface area contributed by atoms with Crippen LogP contribution in [0.1, 0.15) is 60.7 Å². The van der Waals surface area contributed by atoms with E-state index in [4.69, 9.17) is 0 Å². The number of nitrogens with zero attached hydrogens (tertiary/aromatic N) is 2. The molecular weight excluding hydrogens is 308 g/mol. The summed E-state index contributed by atoms with van der Waals surface area (Å²) >= 11 is 1.46. The largest absolute Gasteiger partial charge is 0.370 e. The van der Waals surface area contributed by atoms with Crippen LogP contribution in [0, 0.1) is 6.92 Å². The van der Waals surface area contributed by atoms with Crippen molar-refractivity contribution in [3.8, 4) is 0 Å². The van der Waals surface area contributed by atoms with E-state index in [1.165, 1.54) is 37.0 Å². The number of rotatable bonds is 4. The molecular formula is C17H24N4OS.